The van der Waals surface area contributed by atoms with Crippen molar-refractivity contribution in [2.45, 2.75) is 19.9 Å². The number of carbonyl (C=O) groups is 1. The number of aromatic nitrogens is 1. The first-order chi connectivity index (χ1) is 14.5. The van der Waals surface area contributed by atoms with Crippen molar-refractivity contribution < 1.29 is 27.8 Å². The van der Waals surface area contributed by atoms with Crippen molar-refractivity contribution in [1.29, 1.82) is 0 Å². The molecule has 2 heterocycles. The lowest BCUT2D eigenvalue weighted by molar-refractivity contribution is 0.0514. The second-order valence-corrected chi connectivity index (χ2v) is 6.90. The van der Waals surface area contributed by atoms with Crippen LogP contribution in [0.2, 0.25) is 0 Å². The van der Waals surface area contributed by atoms with E-state index in [0.717, 1.165) is 17.2 Å². The molecule has 0 radical (unpaired) electrons. The van der Waals surface area contributed by atoms with E-state index in [1.54, 1.807) is 20.1 Å². The maximum atomic E-state index is 14.7. The van der Waals surface area contributed by atoms with Crippen LogP contribution < -0.4 is 9.47 Å². The topological polar surface area (TPSA) is 49.7 Å². The summed E-state index contributed by atoms with van der Waals surface area (Å²) in [6.45, 7) is 2.46. The van der Waals surface area contributed by atoms with Crippen molar-refractivity contribution >= 4 is 5.97 Å². The molecule has 1 aromatic heterocycles. The monoisotopic (exact) mass is 413 g/mol. The minimum atomic E-state index is -0.702. The lowest BCUT2D eigenvalue weighted by Crippen LogP contribution is -2.17. The molecule has 0 N–H and O–H groups in total. The molecule has 0 aliphatic carbocycles. The van der Waals surface area contributed by atoms with E-state index in [1.807, 2.05) is 16.7 Å². The van der Waals surface area contributed by atoms with Gasteiger partial charge in [-0.05, 0) is 49.2 Å². The van der Waals surface area contributed by atoms with Gasteiger partial charge in [0.2, 0.25) is 0 Å². The number of aryl methyl sites for hydroxylation is 1. The number of methoxy groups -OCH3 is 2. The third kappa shape index (κ3) is 3.20. The molecule has 0 bridgehead atoms. The Morgan fingerprint density at radius 2 is 1.73 bits per heavy atom. The van der Waals surface area contributed by atoms with Gasteiger partial charge in [-0.25, -0.2) is 13.6 Å². The average molecular weight is 413 g/mol. The summed E-state index contributed by atoms with van der Waals surface area (Å²) < 4.78 is 46.1. The van der Waals surface area contributed by atoms with Gasteiger partial charge in [0.1, 0.15) is 17.3 Å². The molecule has 3 aromatic rings. The van der Waals surface area contributed by atoms with E-state index < -0.39 is 17.6 Å². The minimum Gasteiger partial charge on any atom is -0.493 e. The maximum Gasteiger partial charge on any atom is 0.354 e. The Kier molecular flexibility index (Phi) is 5.20. The smallest absolute Gasteiger partial charge is 0.354 e. The van der Waals surface area contributed by atoms with Gasteiger partial charge in [-0.3, -0.25) is 0 Å². The summed E-state index contributed by atoms with van der Waals surface area (Å²) in [7, 11) is 3.10. The highest BCUT2D eigenvalue weighted by Gasteiger charge is 2.29. The van der Waals surface area contributed by atoms with Crippen LogP contribution in [0.15, 0.2) is 36.4 Å². The zero-order valence-corrected chi connectivity index (χ0v) is 16.9. The van der Waals surface area contributed by atoms with Crippen LogP contribution >= 0.6 is 0 Å². The number of ether oxygens (including phenoxy) is 3. The average Bonchev–Trinajstić information content (AvgIpc) is 3.12. The van der Waals surface area contributed by atoms with Crippen LogP contribution in [-0.4, -0.2) is 31.4 Å². The molecule has 2 aromatic carbocycles. The van der Waals surface area contributed by atoms with Gasteiger partial charge >= 0.3 is 5.97 Å². The van der Waals surface area contributed by atoms with Gasteiger partial charge in [0.15, 0.2) is 11.5 Å². The summed E-state index contributed by atoms with van der Waals surface area (Å²) in [6.07, 6.45) is 0.648. The Hall–Kier alpha value is -3.35. The summed E-state index contributed by atoms with van der Waals surface area (Å²) in [4.78, 5) is 12.6. The molecule has 0 saturated heterocycles. The van der Waals surface area contributed by atoms with Crippen LogP contribution in [0.3, 0.4) is 0 Å². The van der Waals surface area contributed by atoms with E-state index >= 15 is 0 Å². The molecule has 7 heteroatoms. The van der Waals surface area contributed by atoms with Crippen LogP contribution in [0.1, 0.15) is 23.0 Å². The highest BCUT2D eigenvalue weighted by atomic mass is 19.1. The molecule has 0 spiro atoms. The quantitative estimate of drug-likeness (QED) is 0.561. The Morgan fingerprint density at radius 3 is 2.40 bits per heavy atom. The normalized spacial score (nSPS) is 12.2. The van der Waals surface area contributed by atoms with Gasteiger partial charge in [0.25, 0.3) is 0 Å². The Balaban J connectivity index is 2.01. The predicted molar refractivity (Wildman–Crippen MR) is 108 cm³/mol. The van der Waals surface area contributed by atoms with E-state index in [1.165, 1.54) is 19.2 Å². The number of nitrogens with zero attached hydrogens (tertiary/aromatic N) is 1. The van der Waals surface area contributed by atoms with E-state index in [2.05, 4.69) is 0 Å². The lowest BCUT2D eigenvalue weighted by atomic mass is 9.93. The molecule has 0 fully saturated rings. The molecule has 0 atom stereocenters. The summed E-state index contributed by atoms with van der Waals surface area (Å²) in [5.41, 5.74) is 3.46. The van der Waals surface area contributed by atoms with Crippen molar-refractivity contribution in [3.8, 4) is 33.9 Å². The van der Waals surface area contributed by atoms with Crippen LogP contribution in [-0.2, 0) is 17.7 Å². The van der Waals surface area contributed by atoms with Crippen LogP contribution in [0.5, 0.6) is 11.5 Å². The molecule has 4 rings (SSSR count). The summed E-state index contributed by atoms with van der Waals surface area (Å²) in [6, 6.07) is 8.73. The van der Waals surface area contributed by atoms with Gasteiger partial charge in [0.05, 0.1) is 26.5 Å². The van der Waals surface area contributed by atoms with Gasteiger partial charge < -0.3 is 18.8 Å². The van der Waals surface area contributed by atoms with Crippen molar-refractivity contribution in [2.75, 3.05) is 20.8 Å². The first-order valence-electron chi connectivity index (χ1n) is 9.59. The fourth-order valence-electron chi connectivity index (χ4n) is 3.94. The number of rotatable bonds is 5. The van der Waals surface area contributed by atoms with Crippen LogP contribution in [0, 0.1) is 11.6 Å². The van der Waals surface area contributed by atoms with Gasteiger partial charge in [-0.1, -0.05) is 0 Å². The number of hydrogen-bond acceptors (Lipinski definition) is 4. The molecule has 1 aliphatic rings. The third-order valence-electron chi connectivity index (χ3n) is 5.27. The number of esters is 1. The van der Waals surface area contributed by atoms with E-state index in [9.17, 15) is 13.6 Å². The second-order valence-electron chi connectivity index (χ2n) is 6.90. The molecule has 156 valence electrons. The Labute approximate surface area is 172 Å². The van der Waals surface area contributed by atoms with E-state index in [4.69, 9.17) is 14.2 Å². The molecule has 0 saturated carbocycles. The van der Waals surface area contributed by atoms with Crippen LogP contribution in [0.25, 0.3) is 22.4 Å². The number of carbonyl (C=O) groups excluding carboxylic acids is 1. The van der Waals surface area contributed by atoms with Crippen molar-refractivity contribution in [3.63, 3.8) is 0 Å². The molecule has 1 aliphatic heterocycles. The first kappa shape index (κ1) is 19.9. The summed E-state index contributed by atoms with van der Waals surface area (Å²) in [5.74, 6) is -0.741. The zero-order chi connectivity index (χ0) is 21.4. The molecular formula is C23H21F2NO4. The van der Waals surface area contributed by atoms with Gasteiger partial charge in [-0.2, -0.15) is 0 Å². The number of benzene rings is 2. The number of fused-ring (bicyclic) bond motifs is 3. The first-order valence-corrected chi connectivity index (χ1v) is 9.59. The van der Waals surface area contributed by atoms with Crippen LogP contribution in [0.4, 0.5) is 8.78 Å². The molecule has 5 nitrogen and oxygen atoms in total. The lowest BCUT2D eigenvalue weighted by Gasteiger charge is -2.24. The van der Waals surface area contributed by atoms with Crippen molar-refractivity contribution in [3.05, 3.63) is 59.3 Å². The fraction of sp³-hybridized carbons (Fsp3) is 0.261. The fourth-order valence-corrected chi connectivity index (χ4v) is 3.94. The standard InChI is InChI=1S/C23H21F2NO4/c1-4-30-23(27)19-11-17(15-6-5-14(24)10-18(15)25)22-16-12-21(29-3)20(28-2)9-13(16)7-8-26(19)22/h5-6,9-12H,4,7-8H2,1-3H3. The van der Waals surface area contributed by atoms with E-state index in [0.29, 0.717) is 41.4 Å². The molecule has 0 amide bonds. The summed E-state index contributed by atoms with van der Waals surface area (Å²) >= 11 is 0. The predicted octanol–water partition coefficient (Wildman–Crippen LogP) is 4.85. The van der Waals surface area contributed by atoms with Crippen molar-refractivity contribution in [1.82, 2.24) is 4.57 Å². The van der Waals surface area contributed by atoms with Gasteiger partial charge in [-0.15, -0.1) is 0 Å². The zero-order valence-electron chi connectivity index (χ0n) is 16.9. The second kappa shape index (κ2) is 7.82. The van der Waals surface area contributed by atoms with Gasteiger partial charge in [0, 0.05) is 29.3 Å². The third-order valence-corrected chi connectivity index (χ3v) is 5.27. The largest absolute Gasteiger partial charge is 0.493 e. The highest BCUT2D eigenvalue weighted by Crippen LogP contribution is 2.44. The highest BCUT2D eigenvalue weighted by molar-refractivity contribution is 5.95. The van der Waals surface area contributed by atoms with E-state index in [-0.39, 0.29) is 12.2 Å². The Morgan fingerprint density at radius 1 is 1.00 bits per heavy atom. The molecular weight excluding hydrogens is 392 g/mol. The molecule has 30 heavy (non-hydrogen) atoms. The summed E-state index contributed by atoms with van der Waals surface area (Å²) in [5, 5.41) is 0. The minimum absolute atomic E-state index is 0.207. The SMILES string of the molecule is CCOC(=O)c1cc(-c2ccc(F)cc2F)c2n1CCc1cc(OC)c(OC)cc1-2. The molecule has 0 unspecified atom stereocenters. The number of hydrogen-bond donors (Lipinski definition) is 0. The van der Waals surface area contributed by atoms with Crippen molar-refractivity contribution in [2.24, 2.45) is 0 Å². The Bertz CT molecular complexity index is 1140. The number of halogens is 2. The maximum absolute atomic E-state index is 14.7.